The molecule has 26 nitrogen and oxygen atoms in total. The first-order valence-electron chi connectivity index (χ1n) is 18.2. The molecule has 0 aromatic carbocycles. The lowest BCUT2D eigenvalue weighted by Gasteiger charge is -2.49. The molecule has 0 aromatic heterocycles. The first-order valence-corrected chi connectivity index (χ1v) is 18.2. The van der Waals surface area contributed by atoms with Crippen molar-refractivity contribution < 1.29 is 124 Å². The molecule has 0 aromatic rings. The van der Waals surface area contributed by atoms with E-state index in [1.165, 1.54) is 6.92 Å². The van der Waals surface area contributed by atoms with Gasteiger partial charge >= 0.3 is 0 Å². The second kappa shape index (κ2) is 21.3. The number of hydrogen-bond acceptors (Lipinski definition) is 25. The molecule has 1 amide bonds. The molecule has 0 aliphatic carbocycles. The van der Waals surface area contributed by atoms with Crippen molar-refractivity contribution in [2.75, 3.05) is 26.4 Å². The first-order chi connectivity index (χ1) is 27.3. The van der Waals surface area contributed by atoms with E-state index in [4.69, 9.17) is 37.9 Å². The van der Waals surface area contributed by atoms with Gasteiger partial charge in [-0.1, -0.05) is 0 Å². The summed E-state index contributed by atoms with van der Waals surface area (Å²) in [4.78, 5) is 24.3. The van der Waals surface area contributed by atoms with Crippen molar-refractivity contribution in [3.8, 4) is 0 Å². The van der Waals surface area contributed by atoms with E-state index in [1.807, 2.05) is 0 Å². The van der Waals surface area contributed by atoms with E-state index in [-0.39, 0.29) is 6.29 Å². The summed E-state index contributed by atoms with van der Waals surface area (Å²) in [6, 6.07) is -1.71. The van der Waals surface area contributed by atoms with Crippen LogP contribution < -0.4 is 5.32 Å². The van der Waals surface area contributed by atoms with Crippen LogP contribution in [0.3, 0.4) is 0 Å². The van der Waals surface area contributed by atoms with Crippen LogP contribution in [0.4, 0.5) is 0 Å². The fourth-order valence-corrected chi connectivity index (χ4v) is 6.91. The van der Waals surface area contributed by atoms with Crippen LogP contribution in [0.2, 0.25) is 0 Å². The maximum absolute atomic E-state index is 12.4. The van der Waals surface area contributed by atoms with Crippen LogP contribution in [0, 0.1) is 0 Å². The summed E-state index contributed by atoms with van der Waals surface area (Å²) in [6.45, 7) is -1.75. The maximum atomic E-state index is 12.4. The molecule has 58 heavy (non-hydrogen) atoms. The van der Waals surface area contributed by atoms with Crippen molar-refractivity contribution in [1.82, 2.24) is 5.32 Å². The molecular weight excluding hydrogens is 798 g/mol. The molecule has 16 N–H and O–H groups in total. The van der Waals surface area contributed by atoms with E-state index in [1.54, 1.807) is 0 Å². The van der Waals surface area contributed by atoms with Crippen LogP contribution in [0.5, 0.6) is 0 Å². The minimum absolute atomic E-state index is 0.101. The molecule has 0 unspecified atom stereocenters. The van der Waals surface area contributed by atoms with Crippen LogP contribution >= 0.6 is 0 Å². The zero-order valence-corrected chi connectivity index (χ0v) is 31.1. The predicted octanol–water partition coefficient (Wildman–Crippen LogP) is -10.9. The highest BCUT2D eigenvalue weighted by molar-refractivity contribution is 5.73. The van der Waals surface area contributed by atoms with E-state index in [9.17, 15) is 86.2 Å². The summed E-state index contributed by atoms with van der Waals surface area (Å²) in [5.74, 6) is -0.828. The van der Waals surface area contributed by atoms with E-state index in [0.717, 1.165) is 6.92 Å². The van der Waals surface area contributed by atoms with Crippen molar-refractivity contribution in [3.63, 3.8) is 0 Å². The lowest BCUT2D eigenvalue weighted by molar-refractivity contribution is -0.375. The molecule has 24 atom stereocenters. The average molecular weight is 854 g/mol. The number of nitrogens with one attached hydrogen (secondary N) is 1. The van der Waals surface area contributed by atoms with E-state index in [0.29, 0.717) is 0 Å². The van der Waals surface area contributed by atoms with Gasteiger partial charge in [-0.15, -0.1) is 0 Å². The predicted molar refractivity (Wildman–Crippen MR) is 178 cm³/mol. The molecule has 4 saturated heterocycles. The third-order valence-corrected chi connectivity index (χ3v) is 10.2. The quantitative estimate of drug-likeness (QED) is 0.0604. The standard InChI is InChI=1S/C32H55NO25/c1-8-16(42)20(46)22(48)30(51-8)55-25(10(40)3-34)26(11(41)4-35)56-32-24(50)28(19(45)14(7-38)54-32)58-29-15(33-9(2)39)27(18(44)13(6-37)52-29)57-31-23(49)21(47)17(43)12(5-36)53-31/h3,8,10-32,35-38,40-50H,4-7H2,1-2H3,(H,33,39)/t8-,10-,11-,12-,13-,14+,15+,16+,17+,18+,19-,20+,21-,22+,23-,24-,25-,26-,27-,28-,29+,30+,31+,32-/m1/s1. The Bertz CT molecular complexity index is 1290. The molecule has 4 heterocycles. The third kappa shape index (κ3) is 10.6. The number of aliphatic hydroxyl groups is 15. The number of aliphatic hydroxyl groups excluding tert-OH is 15. The third-order valence-electron chi connectivity index (χ3n) is 10.2. The highest BCUT2D eigenvalue weighted by atomic mass is 16.8. The summed E-state index contributed by atoms with van der Waals surface area (Å²) in [5.41, 5.74) is 0. The Morgan fingerprint density at radius 2 is 1.07 bits per heavy atom. The summed E-state index contributed by atoms with van der Waals surface area (Å²) in [6.07, 6.45) is -43.9. The normalized spacial score (nSPS) is 45.8. The van der Waals surface area contributed by atoms with Gasteiger partial charge in [-0.3, -0.25) is 4.79 Å². The van der Waals surface area contributed by atoms with Gasteiger partial charge in [0.1, 0.15) is 116 Å². The minimum atomic E-state index is -2.26. The number of amides is 1. The molecule has 338 valence electrons. The second-order valence-corrected chi connectivity index (χ2v) is 14.3. The first kappa shape index (κ1) is 48.9. The highest BCUT2D eigenvalue weighted by Gasteiger charge is 2.56. The monoisotopic (exact) mass is 853 g/mol. The highest BCUT2D eigenvalue weighted by Crippen LogP contribution is 2.34. The van der Waals surface area contributed by atoms with Gasteiger partial charge in [0.05, 0.1) is 32.5 Å². The van der Waals surface area contributed by atoms with Crippen molar-refractivity contribution in [1.29, 1.82) is 0 Å². The SMILES string of the molecule is CC(=O)N[C@@H]1[C@H](O[C@H]2[C@@H](O)[C@@H](O[C@@H]([C@H](O[C@@H]3O[C@H](C)[C@H](O)[C@H](O)[C@@H]3O)[C@H](O)C=O)[C@H](O)CO)O[C@@H](CO)[C@H]2O)O[C@H](CO)[C@H](O)[C@@H]1O[C@@H]1O[C@H](CO)[C@H](O)[C@@H](O)[C@H]1O. The van der Waals surface area contributed by atoms with Gasteiger partial charge < -0.3 is 125 Å². The Balaban J connectivity index is 1.65. The zero-order chi connectivity index (χ0) is 43.3. The van der Waals surface area contributed by atoms with E-state index < -0.39 is 180 Å². The zero-order valence-electron chi connectivity index (χ0n) is 31.1. The van der Waals surface area contributed by atoms with Gasteiger partial charge in [-0.2, -0.15) is 0 Å². The van der Waals surface area contributed by atoms with Crippen LogP contribution in [0.15, 0.2) is 0 Å². The number of rotatable bonds is 17. The van der Waals surface area contributed by atoms with Gasteiger partial charge in [-0.05, 0) is 6.92 Å². The molecule has 4 rings (SSSR count). The number of carbonyl (C=O) groups excluding carboxylic acids is 2. The van der Waals surface area contributed by atoms with Crippen molar-refractivity contribution in [3.05, 3.63) is 0 Å². The van der Waals surface area contributed by atoms with Crippen LogP contribution in [0.1, 0.15) is 13.8 Å². The Morgan fingerprint density at radius 1 is 0.603 bits per heavy atom. The molecule has 0 radical (unpaired) electrons. The molecule has 4 aliphatic rings. The minimum Gasteiger partial charge on any atom is -0.394 e. The topological polar surface area (TPSA) is 423 Å². The molecule has 0 spiro atoms. The molecule has 4 fully saturated rings. The molecule has 0 saturated carbocycles. The van der Waals surface area contributed by atoms with E-state index >= 15 is 0 Å². The Labute approximate surface area is 329 Å². The molecule has 4 aliphatic heterocycles. The Kier molecular flexibility index (Phi) is 18.0. The number of aldehydes is 1. The van der Waals surface area contributed by atoms with Crippen molar-refractivity contribution >= 4 is 12.2 Å². The number of carbonyl (C=O) groups is 2. The number of hydrogen-bond donors (Lipinski definition) is 16. The van der Waals surface area contributed by atoms with Crippen LogP contribution in [-0.4, -0.2) is 262 Å². The maximum Gasteiger partial charge on any atom is 0.217 e. The number of ether oxygens (including phenoxy) is 8. The molecule has 0 bridgehead atoms. The van der Waals surface area contributed by atoms with Crippen molar-refractivity contribution in [2.24, 2.45) is 0 Å². The summed E-state index contributed by atoms with van der Waals surface area (Å²) < 4.78 is 44.8. The smallest absolute Gasteiger partial charge is 0.217 e. The Morgan fingerprint density at radius 3 is 1.62 bits per heavy atom. The van der Waals surface area contributed by atoms with Gasteiger partial charge in [-0.25, -0.2) is 0 Å². The fraction of sp³-hybridized carbons (Fsp3) is 0.938. The average Bonchev–Trinajstić information content (AvgIpc) is 3.20. The largest absolute Gasteiger partial charge is 0.394 e. The fourth-order valence-electron chi connectivity index (χ4n) is 6.91. The van der Waals surface area contributed by atoms with Crippen LogP contribution in [-0.2, 0) is 47.5 Å². The van der Waals surface area contributed by atoms with E-state index in [2.05, 4.69) is 5.32 Å². The van der Waals surface area contributed by atoms with Gasteiger partial charge in [0.15, 0.2) is 31.4 Å². The molecular formula is C32H55NO25. The Hall–Kier alpha value is -1.78. The lowest BCUT2D eigenvalue weighted by atomic mass is 9.94. The molecule has 26 heteroatoms. The van der Waals surface area contributed by atoms with Gasteiger partial charge in [0, 0.05) is 6.92 Å². The summed E-state index contributed by atoms with van der Waals surface area (Å²) in [7, 11) is 0. The van der Waals surface area contributed by atoms with Gasteiger partial charge in [0.25, 0.3) is 0 Å². The second-order valence-electron chi connectivity index (χ2n) is 14.3. The van der Waals surface area contributed by atoms with Crippen LogP contribution in [0.25, 0.3) is 0 Å². The van der Waals surface area contributed by atoms with Crippen molar-refractivity contribution in [2.45, 2.75) is 161 Å². The van der Waals surface area contributed by atoms with Gasteiger partial charge in [0.2, 0.25) is 5.91 Å². The summed E-state index contributed by atoms with van der Waals surface area (Å²) in [5, 5.41) is 159. The summed E-state index contributed by atoms with van der Waals surface area (Å²) >= 11 is 0. The lowest BCUT2D eigenvalue weighted by Crippen LogP contribution is -2.70.